The van der Waals surface area contributed by atoms with E-state index in [9.17, 15) is 0 Å². The highest BCUT2D eigenvalue weighted by Gasteiger charge is 2.25. The zero-order chi connectivity index (χ0) is 13.2. The molecule has 0 fully saturated rings. The Morgan fingerprint density at radius 3 is 2.95 bits per heavy atom. The zero-order valence-corrected chi connectivity index (χ0v) is 11.7. The molecule has 1 aromatic carbocycles. The van der Waals surface area contributed by atoms with Crippen molar-refractivity contribution < 1.29 is 9.47 Å². The van der Waals surface area contributed by atoms with Crippen molar-refractivity contribution in [3.8, 4) is 11.5 Å². The van der Waals surface area contributed by atoms with Crippen LogP contribution in [0.5, 0.6) is 11.5 Å². The van der Waals surface area contributed by atoms with Crippen molar-refractivity contribution in [1.82, 2.24) is 10.3 Å². The number of thiazole rings is 1. The number of ether oxygens (including phenoxy) is 2. The van der Waals surface area contributed by atoms with Gasteiger partial charge in [0.15, 0.2) is 17.6 Å². The third-order valence-corrected chi connectivity index (χ3v) is 4.16. The van der Waals surface area contributed by atoms with Crippen LogP contribution in [0.2, 0.25) is 0 Å². The Bertz CT molecular complexity index is 570. The van der Waals surface area contributed by atoms with E-state index in [1.54, 1.807) is 11.3 Å². The van der Waals surface area contributed by atoms with E-state index >= 15 is 0 Å². The quantitative estimate of drug-likeness (QED) is 0.936. The summed E-state index contributed by atoms with van der Waals surface area (Å²) < 4.78 is 11.7. The van der Waals surface area contributed by atoms with Crippen LogP contribution in [-0.2, 0) is 0 Å². The van der Waals surface area contributed by atoms with Gasteiger partial charge < -0.3 is 14.8 Å². The second kappa shape index (κ2) is 5.19. The van der Waals surface area contributed by atoms with Gasteiger partial charge in [-0.1, -0.05) is 12.1 Å². The standard InChI is InChI=1S/C14H16N2O2S/c1-9(15-2)10-8-19-14(16-10)13-7-17-11-5-3-4-6-12(11)18-13/h3-6,8-9,13,15H,7H2,1-2H3. The molecule has 0 saturated carbocycles. The third-order valence-electron chi connectivity index (χ3n) is 3.20. The highest BCUT2D eigenvalue weighted by atomic mass is 32.1. The smallest absolute Gasteiger partial charge is 0.184 e. The number of fused-ring (bicyclic) bond motifs is 1. The summed E-state index contributed by atoms with van der Waals surface area (Å²) in [6, 6.07) is 7.98. The summed E-state index contributed by atoms with van der Waals surface area (Å²) in [5, 5.41) is 6.22. The molecule has 19 heavy (non-hydrogen) atoms. The number of hydrogen-bond acceptors (Lipinski definition) is 5. The highest BCUT2D eigenvalue weighted by Crippen LogP contribution is 2.36. The van der Waals surface area contributed by atoms with E-state index in [-0.39, 0.29) is 12.1 Å². The fourth-order valence-electron chi connectivity index (χ4n) is 1.94. The lowest BCUT2D eigenvalue weighted by atomic mass is 10.2. The SMILES string of the molecule is CNC(C)c1csc(C2COc3ccccc3O2)n1. The second-order valence-electron chi connectivity index (χ2n) is 4.49. The normalized spacial score (nSPS) is 19.2. The summed E-state index contributed by atoms with van der Waals surface area (Å²) >= 11 is 1.62. The van der Waals surface area contributed by atoms with Crippen LogP contribution in [0.25, 0.3) is 0 Å². The molecule has 0 bridgehead atoms. The lowest BCUT2D eigenvalue weighted by Gasteiger charge is -2.24. The molecule has 0 aliphatic carbocycles. The summed E-state index contributed by atoms with van der Waals surface area (Å²) in [5.74, 6) is 1.59. The summed E-state index contributed by atoms with van der Waals surface area (Å²) in [7, 11) is 1.93. The Hall–Kier alpha value is -1.59. The number of benzene rings is 1. The van der Waals surface area contributed by atoms with Gasteiger partial charge in [-0.05, 0) is 26.1 Å². The van der Waals surface area contributed by atoms with Crippen LogP contribution < -0.4 is 14.8 Å². The molecule has 0 saturated heterocycles. The summed E-state index contributed by atoms with van der Waals surface area (Å²) in [4.78, 5) is 4.63. The molecule has 0 amide bonds. The lowest BCUT2D eigenvalue weighted by Crippen LogP contribution is -2.21. The van der Waals surface area contributed by atoms with Crippen LogP contribution in [0, 0.1) is 0 Å². The van der Waals surface area contributed by atoms with Gasteiger partial charge in [-0.15, -0.1) is 11.3 Å². The zero-order valence-electron chi connectivity index (χ0n) is 10.9. The van der Waals surface area contributed by atoms with E-state index < -0.39 is 0 Å². The first-order valence-corrected chi connectivity index (χ1v) is 7.17. The molecule has 1 aliphatic heterocycles. The Labute approximate surface area is 116 Å². The van der Waals surface area contributed by atoms with Crippen molar-refractivity contribution in [2.24, 2.45) is 0 Å². The van der Waals surface area contributed by atoms with Crippen molar-refractivity contribution in [2.45, 2.75) is 19.1 Å². The minimum absolute atomic E-state index is 0.113. The van der Waals surface area contributed by atoms with Gasteiger partial charge in [0.1, 0.15) is 11.6 Å². The van der Waals surface area contributed by atoms with E-state index in [2.05, 4.69) is 22.6 Å². The van der Waals surface area contributed by atoms with Crippen LogP contribution in [0.3, 0.4) is 0 Å². The first-order valence-electron chi connectivity index (χ1n) is 6.29. The molecule has 0 radical (unpaired) electrons. The van der Waals surface area contributed by atoms with Gasteiger partial charge in [-0.25, -0.2) is 4.98 Å². The molecule has 2 unspecified atom stereocenters. The van der Waals surface area contributed by atoms with E-state index in [1.165, 1.54) is 0 Å². The fourth-order valence-corrected chi connectivity index (χ4v) is 2.86. The Balaban J connectivity index is 1.79. The van der Waals surface area contributed by atoms with E-state index in [0.29, 0.717) is 6.61 Å². The molecular weight excluding hydrogens is 260 g/mol. The average Bonchev–Trinajstić information content (AvgIpc) is 2.95. The Kier molecular flexibility index (Phi) is 3.40. The van der Waals surface area contributed by atoms with Crippen molar-refractivity contribution in [1.29, 1.82) is 0 Å². The van der Waals surface area contributed by atoms with Gasteiger partial charge in [0.2, 0.25) is 0 Å². The molecule has 100 valence electrons. The largest absolute Gasteiger partial charge is 0.485 e. The predicted octanol–water partition coefficient (Wildman–Crippen LogP) is 2.94. The van der Waals surface area contributed by atoms with Crippen LogP contribution >= 0.6 is 11.3 Å². The summed E-state index contributed by atoms with van der Waals surface area (Å²) in [5.41, 5.74) is 1.05. The molecule has 2 atom stereocenters. The maximum absolute atomic E-state index is 5.95. The van der Waals surface area contributed by atoms with Gasteiger partial charge in [-0.3, -0.25) is 0 Å². The van der Waals surface area contributed by atoms with Crippen LogP contribution in [-0.4, -0.2) is 18.6 Å². The van der Waals surface area contributed by atoms with Crippen molar-refractivity contribution >= 4 is 11.3 Å². The number of rotatable bonds is 3. The molecule has 1 aliphatic rings. The molecule has 4 nitrogen and oxygen atoms in total. The van der Waals surface area contributed by atoms with E-state index in [4.69, 9.17) is 9.47 Å². The maximum Gasteiger partial charge on any atom is 0.184 e. The molecule has 0 spiro atoms. The number of aromatic nitrogens is 1. The number of hydrogen-bond donors (Lipinski definition) is 1. The van der Waals surface area contributed by atoms with Gasteiger partial charge in [-0.2, -0.15) is 0 Å². The average molecular weight is 276 g/mol. The van der Waals surface area contributed by atoms with Gasteiger partial charge in [0, 0.05) is 11.4 Å². The molecule has 3 rings (SSSR count). The van der Waals surface area contributed by atoms with Crippen LogP contribution in [0.15, 0.2) is 29.6 Å². The van der Waals surface area contributed by atoms with Gasteiger partial charge in [0.05, 0.1) is 5.69 Å². The molecule has 1 N–H and O–H groups in total. The predicted molar refractivity (Wildman–Crippen MR) is 74.9 cm³/mol. The maximum atomic E-state index is 5.95. The Morgan fingerprint density at radius 2 is 2.16 bits per heavy atom. The summed E-state index contributed by atoms with van der Waals surface area (Å²) in [6.45, 7) is 2.60. The monoisotopic (exact) mass is 276 g/mol. The molecular formula is C14H16N2O2S. The third kappa shape index (κ3) is 2.43. The van der Waals surface area contributed by atoms with Crippen molar-refractivity contribution in [3.05, 3.63) is 40.3 Å². The van der Waals surface area contributed by atoms with E-state index in [1.807, 2.05) is 31.3 Å². The first kappa shape index (κ1) is 12.4. The Morgan fingerprint density at radius 1 is 1.37 bits per heavy atom. The fraction of sp³-hybridized carbons (Fsp3) is 0.357. The minimum atomic E-state index is -0.113. The van der Waals surface area contributed by atoms with E-state index in [0.717, 1.165) is 22.2 Å². The molecule has 2 heterocycles. The van der Waals surface area contributed by atoms with Crippen LogP contribution in [0.1, 0.15) is 29.8 Å². The number of para-hydroxylation sites is 2. The first-order chi connectivity index (χ1) is 9.28. The van der Waals surface area contributed by atoms with Gasteiger partial charge >= 0.3 is 0 Å². The minimum Gasteiger partial charge on any atom is -0.485 e. The van der Waals surface area contributed by atoms with Crippen LogP contribution in [0.4, 0.5) is 0 Å². The molecule has 1 aromatic heterocycles. The number of nitrogens with zero attached hydrogens (tertiary/aromatic N) is 1. The van der Waals surface area contributed by atoms with Crippen molar-refractivity contribution in [3.63, 3.8) is 0 Å². The number of nitrogens with one attached hydrogen (secondary N) is 1. The second-order valence-corrected chi connectivity index (χ2v) is 5.37. The molecule has 5 heteroatoms. The molecule has 2 aromatic rings. The lowest BCUT2D eigenvalue weighted by molar-refractivity contribution is 0.0909. The highest BCUT2D eigenvalue weighted by molar-refractivity contribution is 7.09. The van der Waals surface area contributed by atoms with Crippen molar-refractivity contribution in [2.75, 3.05) is 13.7 Å². The summed E-state index contributed by atoms with van der Waals surface area (Å²) in [6.07, 6.45) is -0.113. The van der Waals surface area contributed by atoms with Gasteiger partial charge in [0.25, 0.3) is 0 Å². The topological polar surface area (TPSA) is 43.4 Å².